The minimum atomic E-state index is -0.659. The van der Waals surface area contributed by atoms with Crippen molar-refractivity contribution in [2.45, 2.75) is 0 Å². The van der Waals surface area contributed by atoms with Crippen LogP contribution < -0.4 is 5.32 Å². The van der Waals surface area contributed by atoms with Gasteiger partial charge < -0.3 is 5.32 Å². The van der Waals surface area contributed by atoms with Crippen LogP contribution in [0.3, 0.4) is 0 Å². The molecule has 1 heterocycles. The van der Waals surface area contributed by atoms with Gasteiger partial charge in [-0.2, -0.15) is 5.26 Å². The Morgan fingerprint density at radius 1 is 1.31 bits per heavy atom. The molecule has 1 N–H and O–H groups in total. The second-order valence-electron chi connectivity index (χ2n) is 5.14. The topological polar surface area (TPSA) is 91.8 Å². The molecule has 0 saturated carbocycles. The SMILES string of the molecule is N#C/C(=C\Nc1cc([N+](=O)[O-])ccc1F)c1nc(-c2ccccc2)cs1. The zero-order chi connectivity index (χ0) is 18.5. The lowest BCUT2D eigenvalue weighted by molar-refractivity contribution is -0.384. The minimum absolute atomic E-state index is 0.0909. The number of nitro groups is 1. The third-order valence-corrected chi connectivity index (χ3v) is 4.33. The van der Waals surface area contributed by atoms with Crippen LogP contribution in [0.2, 0.25) is 0 Å². The molecule has 6 nitrogen and oxygen atoms in total. The minimum Gasteiger partial charge on any atom is -0.358 e. The highest BCUT2D eigenvalue weighted by Crippen LogP contribution is 2.27. The van der Waals surface area contributed by atoms with E-state index in [4.69, 9.17) is 0 Å². The second kappa shape index (κ2) is 7.55. The van der Waals surface area contributed by atoms with Crippen molar-refractivity contribution in [3.8, 4) is 17.3 Å². The molecule has 0 bridgehead atoms. The van der Waals surface area contributed by atoms with E-state index >= 15 is 0 Å². The first-order chi connectivity index (χ1) is 12.6. The van der Waals surface area contributed by atoms with Crippen molar-refractivity contribution >= 4 is 28.3 Å². The van der Waals surface area contributed by atoms with E-state index in [1.165, 1.54) is 17.5 Å². The molecule has 0 aliphatic heterocycles. The molecule has 0 saturated heterocycles. The van der Waals surface area contributed by atoms with E-state index < -0.39 is 10.7 Å². The monoisotopic (exact) mass is 366 g/mol. The number of thiazole rings is 1. The normalized spacial score (nSPS) is 11.0. The summed E-state index contributed by atoms with van der Waals surface area (Å²) in [6.07, 6.45) is 1.29. The maximum atomic E-state index is 13.8. The molecule has 0 fully saturated rings. The Morgan fingerprint density at radius 2 is 2.08 bits per heavy atom. The Labute approximate surface area is 152 Å². The smallest absolute Gasteiger partial charge is 0.271 e. The quantitative estimate of drug-likeness (QED) is 0.396. The van der Waals surface area contributed by atoms with Crippen molar-refractivity contribution in [2.24, 2.45) is 0 Å². The third-order valence-electron chi connectivity index (χ3n) is 3.46. The number of nitrogens with zero attached hydrogens (tertiary/aromatic N) is 3. The Hall–Kier alpha value is -3.57. The second-order valence-corrected chi connectivity index (χ2v) is 6.00. The summed E-state index contributed by atoms with van der Waals surface area (Å²) in [6, 6.07) is 14.6. The molecule has 0 atom stereocenters. The number of aromatic nitrogens is 1. The molecule has 0 amide bonds. The summed E-state index contributed by atoms with van der Waals surface area (Å²) in [4.78, 5) is 14.6. The molecule has 128 valence electrons. The van der Waals surface area contributed by atoms with E-state index in [2.05, 4.69) is 10.3 Å². The Bertz CT molecular complexity index is 1030. The highest BCUT2D eigenvalue weighted by atomic mass is 32.1. The molecule has 0 radical (unpaired) electrons. The van der Waals surface area contributed by atoms with Gasteiger partial charge in [-0.1, -0.05) is 30.3 Å². The molecular weight excluding hydrogens is 355 g/mol. The number of nitriles is 1. The molecule has 0 spiro atoms. The van der Waals surface area contributed by atoms with Crippen LogP contribution in [0.15, 0.2) is 60.1 Å². The first kappa shape index (κ1) is 17.3. The highest BCUT2D eigenvalue weighted by Gasteiger charge is 2.12. The first-order valence-electron chi connectivity index (χ1n) is 7.40. The summed E-state index contributed by atoms with van der Waals surface area (Å²) in [5, 5.41) is 25.0. The predicted octanol–water partition coefficient (Wildman–Crippen LogP) is 4.83. The largest absolute Gasteiger partial charge is 0.358 e. The average Bonchev–Trinajstić information content (AvgIpc) is 3.14. The fraction of sp³-hybridized carbons (Fsp3) is 0. The van der Waals surface area contributed by atoms with Crippen molar-refractivity contribution in [3.05, 3.63) is 81.1 Å². The summed E-state index contributed by atoms with van der Waals surface area (Å²) in [6.45, 7) is 0. The molecule has 0 aliphatic rings. The number of allylic oxidation sites excluding steroid dienone is 1. The fourth-order valence-electron chi connectivity index (χ4n) is 2.17. The lowest BCUT2D eigenvalue weighted by atomic mass is 10.2. The van der Waals surface area contributed by atoms with Gasteiger partial charge in [-0.3, -0.25) is 10.1 Å². The van der Waals surface area contributed by atoms with E-state index in [0.717, 1.165) is 29.5 Å². The number of non-ortho nitro benzene ring substituents is 1. The molecule has 2 aromatic carbocycles. The number of hydrogen-bond donors (Lipinski definition) is 1. The Kier molecular flexibility index (Phi) is 5.01. The molecule has 3 aromatic rings. The molecule has 26 heavy (non-hydrogen) atoms. The van der Waals surface area contributed by atoms with Crippen LogP contribution in [0, 0.1) is 27.3 Å². The van der Waals surface area contributed by atoms with E-state index in [1.54, 1.807) is 0 Å². The van der Waals surface area contributed by atoms with Crippen molar-refractivity contribution in [3.63, 3.8) is 0 Å². The number of hydrogen-bond acceptors (Lipinski definition) is 6. The third kappa shape index (κ3) is 3.74. The summed E-state index contributed by atoms with van der Waals surface area (Å²) in [5.74, 6) is -0.659. The van der Waals surface area contributed by atoms with Crippen molar-refractivity contribution < 1.29 is 9.31 Å². The van der Waals surface area contributed by atoms with Gasteiger partial charge in [-0.15, -0.1) is 11.3 Å². The summed E-state index contributed by atoms with van der Waals surface area (Å²) >= 11 is 1.28. The van der Waals surface area contributed by atoms with Crippen LogP contribution >= 0.6 is 11.3 Å². The van der Waals surface area contributed by atoms with Gasteiger partial charge in [-0.25, -0.2) is 9.37 Å². The standard InChI is InChI=1S/C18H11FN4O2S/c19-15-7-6-14(23(24)25)8-16(15)21-10-13(9-20)18-22-17(11-26-18)12-4-2-1-3-5-12/h1-8,10-11,21H/b13-10+. The summed E-state index contributed by atoms with van der Waals surface area (Å²) in [7, 11) is 0. The molecule has 0 aliphatic carbocycles. The van der Waals surface area contributed by atoms with Crippen LogP contribution in [0.25, 0.3) is 16.8 Å². The number of rotatable bonds is 5. The number of nitro benzene ring substituents is 1. The van der Waals surface area contributed by atoms with Crippen LogP contribution in [0.5, 0.6) is 0 Å². The van der Waals surface area contributed by atoms with Crippen molar-refractivity contribution in [1.29, 1.82) is 5.26 Å². The average molecular weight is 366 g/mol. The number of benzene rings is 2. The molecular formula is C18H11FN4O2S. The van der Waals surface area contributed by atoms with Crippen molar-refractivity contribution in [1.82, 2.24) is 4.98 Å². The van der Waals surface area contributed by atoms with Crippen molar-refractivity contribution in [2.75, 3.05) is 5.32 Å². The molecule has 8 heteroatoms. The highest BCUT2D eigenvalue weighted by molar-refractivity contribution is 7.11. The van der Waals surface area contributed by atoms with Crippen LogP contribution in [-0.4, -0.2) is 9.91 Å². The van der Waals surface area contributed by atoms with E-state index in [-0.39, 0.29) is 16.9 Å². The van der Waals surface area contributed by atoms with Crippen LogP contribution in [0.1, 0.15) is 5.01 Å². The summed E-state index contributed by atoms with van der Waals surface area (Å²) in [5.41, 5.74) is 1.51. The van der Waals surface area contributed by atoms with Gasteiger partial charge in [-0.05, 0) is 6.07 Å². The number of nitrogens with one attached hydrogen (secondary N) is 1. The number of anilines is 1. The van der Waals surface area contributed by atoms with Gasteiger partial charge in [0, 0.05) is 29.3 Å². The predicted molar refractivity (Wildman–Crippen MR) is 97.8 cm³/mol. The Balaban J connectivity index is 1.86. The first-order valence-corrected chi connectivity index (χ1v) is 8.28. The van der Waals surface area contributed by atoms with E-state index in [9.17, 15) is 19.8 Å². The summed E-state index contributed by atoms with van der Waals surface area (Å²) < 4.78 is 13.8. The number of halogens is 1. The maximum absolute atomic E-state index is 13.8. The molecule has 0 unspecified atom stereocenters. The van der Waals surface area contributed by atoms with Gasteiger partial charge in [0.05, 0.1) is 16.3 Å². The lowest BCUT2D eigenvalue weighted by Crippen LogP contribution is -1.96. The van der Waals surface area contributed by atoms with E-state index in [0.29, 0.717) is 5.01 Å². The zero-order valence-corrected chi connectivity index (χ0v) is 14.0. The van der Waals surface area contributed by atoms with Gasteiger partial charge >= 0.3 is 0 Å². The van der Waals surface area contributed by atoms with Crippen LogP contribution in [0.4, 0.5) is 15.8 Å². The molecule has 3 rings (SSSR count). The fourth-order valence-corrected chi connectivity index (χ4v) is 2.96. The van der Waals surface area contributed by atoms with E-state index in [1.807, 2.05) is 41.8 Å². The zero-order valence-electron chi connectivity index (χ0n) is 13.2. The maximum Gasteiger partial charge on any atom is 0.271 e. The van der Waals surface area contributed by atoms with Gasteiger partial charge in [0.1, 0.15) is 22.5 Å². The van der Waals surface area contributed by atoms with Gasteiger partial charge in [0.25, 0.3) is 5.69 Å². The molecule has 1 aromatic heterocycles. The van der Waals surface area contributed by atoms with Crippen LogP contribution in [-0.2, 0) is 0 Å². The van der Waals surface area contributed by atoms with Gasteiger partial charge in [0.15, 0.2) is 0 Å². The Morgan fingerprint density at radius 3 is 2.77 bits per heavy atom. The van der Waals surface area contributed by atoms with Gasteiger partial charge in [0.2, 0.25) is 0 Å². The lowest BCUT2D eigenvalue weighted by Gasteiger charge is -2.03.